The van der Waals surface area contributed by atoms with Crippen LogP contribution in [0.15, 0.2) is 34.9 Å². The smallest absolute Gasteiger partial charge is 0.187 e. The van der Waals surface area contributed by atoms with Gasteiger partial charge in [0, 0.05) is 11.8 Å². The normalized spacial score (nSPS) is 52.6. The number of hydrogen-bond acceptors (Lipinski definition) is 38. The van der Waals surface area contributed by atoms with Crippen LogP contribution in [-0.2, 0) is 75.9 Å². The van der Waals surface area contributed by atoms with Crippen LogP contribution in [0, 0.1) is 22.2 Å². The second-order valence-electron chi connectivity index (χ2n) is 29.1. The monoisotopic (exact) mass is 1490 g/mol. The fourth-order valence-corrected chi connectivity index (χ4v) is 17.9. The summed E-state index contributed by atoms with van der Waals surface area (Å²) in [6.07, 6.45) is -57.1. The number of Topliss-reactive ketones (excluding diaryl/α,β-unsaturated/α-hetero) is 1. The van der Waals surface area contributed by atoms with E-state index in [1.807, 2.05) is 6.08 Å². The van der Waals surface area contributed by atoms with Gasteiger partial charge in [0.25, 0.3) is 0 Å². The van der Waals surface area contributed by atoms with Gasteiger partial charge in [-0.1, -0.05) is 24.6 Å². The molecule has 0 amide bonds. The van der Waals surface area contributed by atoms with Crippen LogP contribution in [0.25, 0.3) is 0 Å². The zero-order valence-corrected chi connectivity index (χ0v) is 56.1. The summed E-state index contributed by atoms with van der Waals surface area (Å²) in [5.41, 5.74) is 3.85. The van der Waals surface area contributed by atoms with Crippen LogP contribution in [-0.4, -0.2) is 391 Å². The Labute approximate surface area is 587 Å². The molecule has 103 heavy (non-hydrogen) atoms. The van der Waals surface area contributed by atoms with Gasteiger partial charge in [-0.15, -0.1) is 0 Å². The number of carbonyl (C=O) groups is 2. The first-order chi connectivity index (χ1) is 49.0. The molecule has 40 atom stereocenters. The van der Waals surface area contributed by atoms with E-state index >= 15 is 0 Å². The van der Waals surface area contributed by atoms with Crippen molar-refractivity contribution in [3.8, 4) is 0 Å². The third-order valence-electron chi connectivity index (χ3n) is 23.6. The maximum atomic E-state index is 13.0. The van der Waals surface area contributed by atoms with E-state index in [0.29, 0.717) is 12.3 Å². The Morgan fingerprint density at radius 3 is 0.913 bits per heavy atom. The van der Waals surface area contributed by atoms with Crippen molar-refractivity contribution < 1.29 is 188 Å². The first-order valence-electron chi connectivity index (χ1n) is 34.9. The van der Waals surface area contributed by atoms with E-state index in [0.717, 1.165) is 44.9 Å². The van der Waals surface area contributed by atoms with Crippen LogP contribution in [0.4, 0.5) is 0 Å². The minimum atomic E-state index is -2.21. The molecule has 0 spiro atoms. The van der Waals surface area contributed by atoms with Crippen molar-refractivity contribution in [1.82, 2.24) is 0 Å². The molecule has 0 aromatic rings. The van der Waals surface area contributed by atoms with E-state index in [4.69, 9.17) is 66.3 Å². The summed E-state index contributed by atoms with van der Waals surface area (Å²) in [4.78, 5) is 24.9. The number of allylic oxidation sites excluding steroid dienone is 6. The first kappa shape index (κ1) is 79.7. The lowest BCUT2D eigenvalue weighted by Gasteiger charge is -2.55. The fourth-order valence-electron chi connectivity index (χ4n) is 17.9. The van der Waals surface area contributed by atoms with E-state index in [2.05, 4.69) is 19.1 Å². The largest absolute Gasteiger partial charge is 0.394 e. The highest BCUT2D eigenvalue weighted by atomic mass is 16.8. The van der Waals surface area contributed by atoms with Gasteiger partial charge < -0.3 is 179 Å². The Hall–Kier alpha value is -2.88. The van der Waals surface area contributed by atoms with Gasteiger partial charge in [-0.25, -0.2) is 0 Å². The standard InChI is InChI=1S/C42H70O35.C23H28O3/c43-1-8-29-15(50)22(57)36(64-8)72-30-9(2-44)66-38(24(59)17(30)52)74-32-11(4-46)68-40(26(61)19(32)54)76-34-13(6-48)70-42(28(63)21(34)56)77-35-14(7-49)69-41(27(62)20(35)55)75-33-12(5-47)67-39(25(60)18(33)53)73-31-10(3-45)65-37(71-29)23(58)16(31)51;1-14(24)20(26)23-11-9-22(10-12-23)19-6-3-15-13-16(25)4-5-17(15)18(19)7-8-21(22,23)2/h8-63H,1-7H2;9,11,13-14,19,24H,3-8,10,12H2,1-2H3/t8-,9-,10-,11-,12-,13-,14-,15-,16-,17-,18-,19+,20+,21+,22-,23-,24-,25-,26+,27-,28+,29-,30-,31-,32-,33-,34-,35-,36-,37-,38-,39-,40-,41-,42-;14-,19+,21-,22?,23-/m10/s1. The highest BCUT2D eigenvalue weighted by Crippen LogP contribution is 2.78. The van der Waals surface area contributed by atoms with Crippen LogP contribution in [0.5, 0.6) is 0 Å². The Kier molecular flexibility index (Phi) is 24.6. The molecule has 21 heterocycles. The van der Waals surface area contributed by atoms with E-state index in [-0.39, 0.29) is 22.4 Å². The molecule has 0 aromatic heterocycles. The summed E-state index contributed by atoms with van der Waals surface area (Å²) in [7, 11) is 0. The Balaban J connectivity index is 0.000000317. The van der Waals surface area contributed by atoms with E-state index in [1.54, 1.807) is 12.5 Å². The van der Waals surface area contributed by atoms with Gasteiger partial charge in [0.15, 0.2) is 55.6 Å². The second-order valence-corrected chi connectivity index (χ2v) is 29.1. The van der Waals surface area contributed by atoms with Crippen LogP contribution in [0.1, 0.15) is 65.2 Å². The topological polar surface area (TPSA) is 608 Å². The summed E-state index contributed by atoms with van der Waals surface area (Å²) in [6.45, 7) is -3.39. The molecule has 0 aromatic carbocycles. The van der Waals surface area contributed by atoms with Gasteiger partial charge in [-0.05, 0) is 80.4 Å². The Morgan fingerprint density at radius 2 is 0.670 bits per heavy atom. The first-order valence-corrected chi connectivity index (χ1v) is 34.9. The lowest BCUT2D eigenvalue weighted by Crippen LogP contribution is -2.68. The Morgan fingerprint density at radius 1 is 0.388 bits per heavy atom. The molecule has 586 valence electrons. The molecule has 5 aliphatic carbocycles. The molecule has 38 nitrogen and oxygen atoms in total. The lowest BCUT2D eigenvalue weighted by molar-refractivity contribution is -0.396. The summed E-state index contributed by atoms with van der Waals surface area (Å²) in [6, 6.07) is 0. The number of aliphatic hydroxyl groups excluding tert-OH is 22. The van der Waals surface area contributed by atoms with Gasteiger partial charge in [0.05, 0.1) is 51.7 Å². The molecule has 26 rings (SSSR count). The predicted molar refractivity (Wildman–Crippen MR) is 328 cm³/mol. The number of ether oxygens (including phenoxy) is 14. The van der Waals surface area contributed by atoms with Gasteiger partial charge in [-0.3, -0.25) is 9.59 Å². The number of rotatable bonds is 9. The molecule has 21 aliphatic heterocycles. The fraction of sp³-hybridized carbons (Fsp3) is 0.877. The van der Waals surface area contributed by atoms with Crippen molar-refractivity contribution in [2.24, 2.45) is 22.2 Å². The number of aliphatic hydroxyl groups is 22. The summed E-state index contributed by atoms with van der Waals surface area (Å²) in [5, 5.41) is 240. The number of carbonyl (C=O) groups excluding carboxylic acids is 2. The third-order valence-corrected chi connectivity index (χ3v) is 23.6. The van der Waals surface area contributed by atoms with E-state index < -0.39 is 273 Å². The predicted octanol–water partition coefficient (Wildman–Crippen LogP) is -11.2. The van der Waals surface area contributed by atoms with Gasteiger partial charge >= 0.3 is 0 Å². The van der Waals surface area contributed by atoms with E-state index in [9.17, 15) is 122 Å². The highest BCUT2D eigenvalue weighted by Gasteiger charge is 2.73. The molecule has 26 aliphatic rings. The zero-order valence-electron chi connectivity index (χ0n) is 56.1. The number of ketones is 2. The van der Waals surface area contributed by atoms with Crippen molar-refractivity contribution in [1.29, 1.82) is 0 Å². The second kappa shape index (κ2) is 31.8. The van der Waals surface area contributed by atoms with Crippen molar-refractivity contribution in [2.75, 3.05) is 46.2 Å². The average Bonchev–Trinajstić information content (AvgIpc) is 1.50. The molecule has 21 saturated heterocycles. The molecule has 1 unspecified atom stereocenters. The Bertz CT molecular complexity index is 2650. The minimum Gasteiger partial charge on any atom is -0.394 e. The summed E-state index contributed by atoms with van der Waals surface area (Å²) in [5.74, 6) is 0.806. The lowest BCUT2D eigenvalue weighted by atomic mass is 9.47. The van der Waals surface area contributed by atoms with Crippen molar-refractivity contribution in [3.63, 3.8) is 0 Å². The summed E-state index contributed by atoms with van der Waals surface area (Å²) >= 11 is 0. The van der Waals surface area contributed by atoms with Gasteiger partial charge in [0.1, 0.15) is 177 Å². The molecule has 16 bridgehead atoms. The highest BCUT2D eigenvalue weighted by molar-refractivity contribution is 5.94. The molecule has 23 fully saturated rings. The third kappa shape index (κ3) is 13.9. The van der Waals surface area contributed by atoms with Gasteiger partial charge in [0.2, 0.25) is 0 Å². The van der Waals surface area contributed by atoms with Crippen LogP contribution in [0.3, 0.4) is 0 Å². The van der Waals surface area contributed by atoms with Crippen LogP contribution in [0.2, 0.25) is 0 Å². The maximum Gasteiger partial charge on any atom is 0.187 e. The maximum absolute atomic E-state index is 13.0. The number of fused-ring (bicyclic) bond motifs is 2. The zero-order chi connectivity index (χ0) is 74.4. The minimum absolute atomic E-state index is 0.0198. The van der Waals surface area contributed by atoms with Crippen LogP contribution < -0.4 is 0 Å². The quantitative estimate of drug-likeness (QED) is 0.0953. The van der Waals surface area contributed by atoms with Crippen molar-refractivity contribution >= 4 is 11.6 Å². The van der Waals surface area contributed by atoms with Gasteiger partial charge in [-0.2, -0.15) is 0 Å². The van der Waals surface area contributed by atoms with Crippen molar-refractivity contribution in [3.05, 3.63) is 34.9 Å². The average molecular weight is 1490 g/mol. The van der Waals surface area contributed by atoms with E-state index in [1.165, 1.54) is 11.1 Å². The van der Waals surface area contributed by atoms with Crippen molar-refractivity contribution in [2.45, 2.75) is 286 Å². The van der Waals surface area contributed by atoms with Crippen LogP contribution >= 0.6 is 0 Å². The molecule has 0 radical (unpaired) electrons. The molecular formula is C65H98O38. The number of hydrogen-bond donors (Lipinski definition) is 22. The SMILES string of the molecule is C[C@H](O)C(=O)[C@]12C=CC3(CC1)[C@@H]1CCC4=CC(=O)CCC4=C1CC[C@@]32C.OC[C@H]1O[C@@H]2O[C@H]3[C@H](O)[C@@H](O)[C@@H](O[C@H]4[C@@H](O)[C@H](O)[C@@H](O[C@H]5[C@@H](O)[C@H](O)[C@@H](O[C@H]6[C@@H](O)[C@@H](O)[C@@H](O[C@H]7[C@H](O)[C@@H](O)[C@@H](O[C@H]8[C@H](O)[C@@H](O)[C@@H](O[C@H]1[C@H](O)[C@H]2O)O[C@@H]8CO)O[C@@H]7CO)O[C@@H]6CO)O[C@@H]5CO)O[C@@H]4CO)O[C@@H]3CO. The molecular weight excluding hydrogens is 1390 g/mol. The molecule has 2 saturated carbocycles. The summed E-state index contributed by atoms with van der Waals surface area (Å²) < 4.78 is 79.5. The molecule has 38 heteroatoms. The molecule has 22 N–H and O–H groups in total.